The molecule has 4 rings (SSSR count). The monoisotopic (exact) mass is 366 g/mol. The van der Waals surface area contributed by atoms with E-state index in [1.54, 1.807) is 7.11 Å². The Bertz CT molecular complexity index is 948. The molecule has 5 nitrogen and oxygen atoms in total. The number of amides is 1. The molecule has 1 amide bonds. The lowest BCUT2D eigenvalue weighted by Gasteiger charge is -2.23. The molecule has 1 N–H and O–H groups in total. The van der Waals surface area contributed by atoms with E-state index in [4.69, 9.17) is 9.15 Å². The molecular weight excluding hydrogens is 340 g/mol. The zero-order chi connectivity index (χ0) is 18.8. The van der Waals surface area contributed by atoms with Crippen molar-refractivity contribution in [1.82, 2.24) is 9.88 Å². The number of furan rings is 1. The van der Waals surface area contributed by atoms with Crippen LogP contribution in [0.4, 0.5) is 0 Å². The molecule has 0 bridgehead atoms. The zero-order valence-corrected chi connectivity index (χ0v) is 16.0. The van der Waals surface area contributed by atoms with E-state index in [0.29, 0.717) is 12.2 Å². The lowest BCUT2D eigenvalue weighted by Crippen LogP contribution is -2.37. The molecule has 1 aliphatic carbocycles. The van der Waals surface area contributed by atoms with Crippen molar-refractivity contribution in [3.63, 3.8) is 0 Å². The summed E-state index contributed by atoms with van der Waals surface area (Å²) in [5.41, 5.74) is 3.43. The van der Waals surface area contributed by atoms with E-state index in [2.05, 4.69) is 5.32 Å². The van der Waals surface area contributed by atoms with E-state index in [0.717, 1.165) is 41.0 Å². The lowest BCUT2D eigenvalue weighted by atomic mass is 9.95. The van der Waals surface area contributed by atoms with Crippen molar-refractivity contribution in [2.45, 2.75) is 51.6 Å². The first-order valence-corrected chi connectivity index (χ1v) is 9.67. The van der Waals surface area contributed by atoms with Crippen LogP contribution in [0.15, 0.2) is 40.8 Å². The van der Waals surface area contributed by atoms with Crippen LogP contribution in [0.2, 0.25) is 0 Å². The molecule has 1 saturated carbocycles. The Kier molecular flexibility index (Phi) is 4.92. The molecule has 0 spiro atoms. The second-order valence-corrected chi connectivity index (χ2v) is 7.38. The predicted octanol–water partition coefficient (Wildman–Crippen LogP) is 4.66. The number of nitrogens with one attached hydrogen (secondary N) is 1. The van der Waals surface area contributed by atoms with Gasteiger partial charge in [-0.05, 0) is 37.5 Å². The van der Waals surface area contributed by atoms with E-state index >= 15 is 0 Å². The molecular formula is C22H26N2O3. The van der Waals surface area contributed by atoms with Crippen molar-refractivity contribution in [1.29, 1.82) is 0 Å². The average molecular weight is 366 g/mol. The molecule has 0 radical (unpaired) electrons. The van der Waals surface area contributed by atoms with Crippen molar-refractivity contribution in [2.24, 2.45) is 0 Å². The number of rotatable bonds is 5. The van der Waals surface area contributed by atoms with Gasteiger partial charge in [0.25, 0.3) is 5.91 Å². The number of carbonyl (C=O) groups excluding carboxylic acids is 1. The molecule has 0 saturated heterocycles. The van der Waals surface area contributed by atoms with Gasteiger partial charge in [-0.3, -0.25) is 4.79 Å². The van der Waals surface area contributed by atoms with Gasteiger partial charge in [-0.15, -0.1) is 0 Å². The van der Waals surface area contributed by atoms with Gasteiger partial charge in [0.2, 0.25) is 0 Å². The highest BCUT2D eigenvalue weighted by Gasteiger charge is 2.22. The van der Waals surface area contributed by atoms with Gasteiger partial charge in [0.15, 0.2) is 5.58 Å². The van der Waals surface area contributed by atoms with E-state index in [9.17, 15) is 4.79 Å². The molecule has 2 aromatic heterocycles. The van der Waals surface area contributed by atoms with Crippen molar-refractivity contribution in [3.8, 4) is 5.75 Å². The first kappa shape index (κ1) is 17.7. The maximum atomic E-state index is 13.0. The molecule has 1 fully saturated rings. The molecule has 0 unspecified atom stereocenters. The van der Waals surface area contributed by atoms with Gasteiger partial charge in [0.1, 0.15) is 17.2 Å². The van der Waals surface area contributed by atoms with Crippen LogP contribution in [0.5, 0.6) is 5.75 Å². The normalized spacial score (nSPS) is 15.2. The fourth-order valence-electron chi connectivity index (χ4n) is 3.98. The van der Waals surface area contributed by atoms with E-state index < -0.39 is 0 Å². The van der Waals surface area contributed by atoms with Crippen LogP contribution in [-0.2, 0) is 6.54 Å². The van der Waals surface area contributed by atoms with Gasteiger partial charge in [0.05, 0.1) is 12.6 Å². The molecule has 0 atom stereocenters. The van der Waals surface area contributed by atoms with Crippen LogP contribution in [-0.4, -0.2) is 23.6 Å². The van der Waals surface area contributed by atoms with Crippen molar-refractivity contribution < 1.29 is 13.9 Å². The summed E-state index contributed by atoms with van der Waals surface area (Å²) in [5, 5.41) is 3.22. The standard InChI is InChI=1S/C22H26N2O3/c1-15-11-19-21(27-15)13-20(22(25)23-17-8-4-3-5-9-17)24(19)14-16-7-6-10-18(12-16)26-2/h6-7,10-13,17H,3-5,8-9,14H2,1-2H3,(H,23,25). The molecule has 3 aromatic rings. The van der Waals surface area contributed by atoms with Gasteiger partial charge >= 0.3 is 0 Å². The fraction of sp³-hybridized carbons (Fsp3) is 0.409. The number of carbonyl (C=O) groups is 1. The topological polar surface area (TPSA) is 56.4 Å². The molecule has 142 valence electrons. The third-order valence-electron chi connectivity index (χ3n) is 5.36. The first-order valence-electron chi connectivity index (χ1n) is 9.67. The van der Waals surface area contributed by atoms with Crippen LogP contribution in [0, 0.1) is 6.92 Å². The van der Waals surface area contributed by atoms with E-state index in [1.165, 1.54) is 19.3 Å². The van der Waals surface area contributed by atoms with Crippen LogP contribution in [0.3, 0.4) is 0 Å². The average Bonchev–Trinajstić information content (AvgIpc) is 3.20. The smallest absolute Gasteiger partial charge is 0.268 e. The van der Waals surface area contributed by atoms with Gasteiger partial charge in [-0.25, -0.2) is 0 Å². The Morgan fingerprint density at radius 3 is 2.81 bits per heavy atom. The number of methoxy groups -OCH3 is 1. The number of hydrogen-bond donors (Lipinski definition) is 1. The van der Waals surface area contributed by atoms with Gasteiger partial charge in [0, 0.05) is 24.7 Å². The number of aryl methyl sites for hydroxylation is 1. The van der Waals surface area contributed by atoms with Crippen LogP contribution in [0.25, 0.3) is 11.1 Å². The number of nitrogens with zero attached hydrogens (tertiary/aromatic N) is 1. The summed E-state index contributed by atoms with van der Waals surface area (Å²) < 4.78 is 13.2. The number of aromatic nitrogens is 1. The minimum Gasteiger partial charge on any atom is -0.497 e. The van der Waals surface area contributed by atoms with Crippen LogP contribution >= 0.6 is 0 Å². The third kappa shape index (κ3) is 3.72. The maximum Gasteiger partial charge on any atom is 0.268 e. The van der Waals surface area contributed by atoms with E-state index in [1.807, 2.05) is 47.9 Å². The lowest BCUT2D eigenvalue weighted by molar-refractivity contribution is 0.0919. The predicted molar refractivity (Wildman–Crippen MR) is 105 cm³/mol. The third-order valence-corrected chi connectivity index (χ3v) is 5.36. The largest absolute Gasteiger partial charge is 0.497 e. The Balaban J connectivity index is 1.66. The zero-order valence-electron chi connectivity index (χ0n) is 16.0. The number of benzene rings is 1. The minimum absolute atomic E-state index is 0.0196. The molecule has 1 aliphatic rings. The molecule has 1 aromatic carbocycles. The second kappa shape index (κ2) is 7.51. The van der Waals surface area contributed by atoms with Gasteiger partial charge < -0.3 is 19.0 Å². The summed E-state index contributed by atoms with van der Waals surface area (Å²) in [6.45, 7) is 2.52. The second-order valence-electron chi connectivity index (χ2n) is 7.38. The number of fused-ring (bicyclic) bond motifs is 1. The van der Waals surface area contributed by atoms with Gasteiger partial charge in [-0.2, -0.15) is 0 Å². The Morgan fingerprint density at radius 2 is 2.04 bits per heavy atom. The van der Waals surface area contributed by atoms with E-state index in [-0.39, 0.29) is 11.9 Å². The number of ether oxygens (including phenoxy) is 1. The van der Waals surface area contributed by atoms with Crippen LogP contribution < -0.4 is 10.1 Å². The molecule has 2 heterocycles. The van der Waals surface area contributed by atoms with Gasteiger partial charge in [-0.1, -0.05) is 31.4 Å². The van der Waals surface area contributed by atoms with Crippen molar-refractivity contribution in [3.05, 3.63) is 53.4 Å². The highest BCUT2D eigenvalue weighted by molar-refractivity contribution is 5.97. The first-order chi connectivity index (χ1) is 13.1. The summed E-state index contributed by atoms with van der Waals surface area (Å²) in [6.07, 6.45) is 5.79. The molecule has 27 heavy (non-hydrogen) atoms. The Morgan fingerprint density at radius 1 is 1.22 bits per heavy atom. The molecule has 0 aliphatic heterocycles. The summed E-state index contributed by atoms with van der Waals surface area (Å²) in [6, 6.07) is 12.1. The highest BCUT2D eigenvalue weighted by atomic mass is 16.5. The minimum atomic E-state index is -0.0196. The summed E-state index contributed by atoms with van der Waals surface area (Å²) >= 11 is 0. The van der Waals surface area contributed by atoms with Crippen molar-refractivity contribution in [2.75, 3.05) is 7.11 Å². The maximum absolute atomic E-state index is 13.0. The molecule has 5 heteroatoms. The number of hydrogen-bond acceptors (Lipinski definition) is 3. The SMILES string of the molecule is COc1cccc(Cn2c(C(=O)NC3CCCCC3)cc3oc(C)cc32)c1. The van der Waals surface area contributed by atoms with Crippen LogP contribution in [0.1, 0.15) is 53.9 Å². The van der Waals surface area contributed by atoms with Crippen molar-refractivity contribution >= 4 is 17.0 Å². The Hall–Kier alpha value is -2.69. The fourth-order valence-corrected chi connectivity index (χ4v) is 3.98. The Labute approximate surface area is 159 Å². The summed E-state index contributed by atoms with van der Waals surface area (Å²) in [5.74, 6) is 1.64. The summed E-state index contributed by atoms with van der Waals surface area (Å²) in [7, 11) is 1.66. The summed E-state index contributed by atoms with van der Waals surface area (Å²) in [4.78, 5) is 13.0. The highest BCUT2D eigenvalue weighted by Crippen LogP contribution is 2.26. The quantitative estimate of drug-likeness (QED) is 0.714.